The highest BCUT2D eigenvalue weighted by molar-refractivity contribution is 5.68. The van der Waals surface area contributed by atoms with Gasteiger partial charge in [-0.1, -0.05) is 18.2 Å². The summed E-state index contributed by atoms with van der Waals surface area (Å²) in [5.74, 6) is -0.233. The number of carbonyl (C=O) groups excluding carboxylic acids is 1. The molecule has 1 aromatic carbocycles. The van der Waals surface area contributed by atoms with Crippen LogP contribution in [-0.2, 0) is 16.0 Å². The van der Waals surface area contributed by atoms with Crippen molar-refractivity contribution in [2.45, 2.75) is 39.0 Å². The number of amides is 1. The molecule has 0 radical (unpaired) electrons. The molecule has 1 heterocycles. The molecule has 0 saturated carbocycles. The molecule has 0 spiro atoms. The smallest absolute Gasteiger partial charge is 0.410 e. The Morgan fingerprint density at radius 1 is 1.43 bits per heavy atom. The summed E-state index contributed by atoms with van der Waals surface area (Å²) in [4.78, 5) is 14.0. The van der Waals surface area contributed by atoms with E-state index in [1.807, 2.05) is 20.8 Å². The lowest BCUT2D eigenvalue weighted by molar-refractivity contribution is -0.0317. The summed E-state index contributed by atoms with van der Waals surface area (Å²) >= 11 is 0. The molecule has 2 rings (SSSR count). The van der Waals surface area contributed by atoms with Gasteiger partial charge < -0.3 is 14.8 Å². The Kier molecular flexibility index (Phi) is 5.96. The minimum atomic E-state index is -0.527. The van der Waals surface area contributed by atoms with Crippen molar-refractivity contribution in [3.63, 3.8) is 0 Å². The van der Waals surface area contributed by atoms with Crippen LogP contribution in [0.15, 0.2) is 24.3 Å². The Morgan fingerprint density at radius 3 is 2.87 bits per heavy atom. The molecule has 1 aliphatic heterocycles. The molecule has 1 amide bonds. The van der Waals surface area contributed by atoms with Crippen LogP contribution in [0.25, 0.3) is 0 Å². The van der Waals surface area contributed by atoms with E-state index >= 15 is 0 Å². The van der Waals surface area contributed by atoms with Gasteiger partial charge in [0.1, 0.15) is 11.4 Å². The van der Waals surface area contributed by atoms with Crippen LogP contribution in [0.5, 0.6) is 0 Å². The van der Waals surface area contributed by atoms with Crippen molar-refractivity contribution in [3.8, 4) is 0 Å². The van der Waals surface area contributed by atoms with E-state index in [-0.39, 0.29) is 18.0 Å². The number of hydrogen-bond donors (Lipinski definition) is 1. The monoisotopic (exact) mass is 324 g/mol. The average molecular weight is 324 g/mol. The Hall–Kier alpha value is -1.66. The number of ether oxygens (including phenoxy) is 2. The highest BCUT2D eigenvalue weighted by Gasteiger charge is 2.30. The van der Waals surface area contributed by atoms with Gasteiger partial charge in [-0.05, 0) is 26.8 Å². The van der Waals surface area contributed by atoms with Gasteiger partial charge in [-0.2, -0.15) is 0 Å². The van der Waals surface area contributed by atoms with E-state index in [0.717, 1.165) is 0 Å². The summed E-state index contributed by atoms with van der Waals surface area (Å²) in [7, 11) is 0. The van der Waals surface area contributed by atoms with Crippen molar-refractivity contribution in [1.82, 2.24) is 10.2 Å². The lowest BCUT2D eigenvalue weighted by Crippen LogP contribution is -2.54. The largest absolute Gasteiger partial charge is 0.444 e. The second-order valence-corrected chi connectivity index (χ2v) is 6.62. The number of halogens is 1. The fraction of sp³-hybridized carbons (Fsp3) is 0.588. The summed E-state index contributed by atoms with van der Waals surface area (Å²) in [5.41, 5.74) is 0.0774. The molecule has 1 N–H and O–H groups in total. The molecule has 5 nitrogen and oxygen atoms in total. The van der Waals surface area contributed by atoms with Crippen LogP contribution in [0.1, 0.15) is 26.3 Å². The van der Waals surface area contributed by atoms with Crippen LogP contribution in [0.2, 0.25) is 0 Å². The van der Waals surface area contributed by atoms with Crippen LogP contribution >= 0.6 is 0 Å². The summed E-state index contributed by atoms with van der Waals surface area (Å²) < 4.78 is 24.5. The average Bonchev–Trinajstić information content (AvgIpc) is 2.48. The first-order valence-corrected chi connectivity index (χ1v) is 7.88. The fourth-order valence-corrected chi connectivity index (χ4v) is 2.40. The van der Waals surface area contributed by atoms with Crippen LogP contribution in [0, 0.1) is 5.82 Å². The maximum Gasteiger partial charge on any atom is 0.410 e. The number of hydrogen-bond acceptors (Lipinski definition) is 4. The summed E-state index contributed by atoms with van der Waals surface area (Å²) in [6.45, 7) is 7.91. The van der Waals surface area contributed by atoms with Gasteiger partial charge >= 0.3 is 6.09 Å². The van der Waals surface area contributed by atoms with E-state index < -0.39 is 5.60 Å². The minimum Gasteiger partial charge on any atom is -0.444 e. The SMILES string of the molecule is CC(C)(C)OC(=O)N1CCOCC1CNCc1ccccc1F. The summed E-state index contributed by atoms with van der Waals surface area (Å²) in [6.07, 6.45) is -0.335. The third-order valence-corrected chi connectivity index (χ3v) is 3.51. The van der Waals surface area contributed by atoms with Gasteiger partial charge in [-0.15, -0.1) is 0 Å². The van der Waals surface area contributed by atoms with Crippen molar-refractivity contribution in [3.05, 3.63) is 35.6 Å². The van der Waals surface area contributed by atoms with Crippen molar-refractivity contribution in [2.24, 2.45) is 0 Å². The van der Waals surface area contributed by atoms with E-state index in [1.54, 1.807) is 23.1 Å². The molecule has 1 saturated heterocycles. The van der Waals surface area contributed by atoms with Gasteiger partial charge in [-0.25, -0.2) is 9.18 Å². The Bertz CT molecular complexity index is 531. The number of nitrogens with one attached hydrogen (secondary N) is 1. The van der Waals surface area contributed by atoms with E-state index in [4.69, 9.17) is 9.47 Å². The second kappa shape index (κ2) is 7.75. The molecule has 23 heavy (non-hydrogen) atoms. The number of carbonyl (C=O) groups is 1. The standard InChI is InChI=1S/C17H25FN2O3/c1-17(2,3)23-16(21)20-8-9-22-12-14(20)11-19-10-13-6-4-5-7-15(13)18/h4-7,14,19H,8-12H2,1-3H3. The van der Waals surface area contributed by atoms with E-state index in [2.05, 4.69) is 5.32 Å². The Balaban J connectivity index is 1.89. The van der Waals surface area contributed by atoms with Gasteiger partial charge in [0.2, 0.25) is 0 Å². The van der Waals surface area contributed by atoms with Crippen LogP contribution in [0.4, 0.5) is 9.18 Å². The summed E-state index contributed by atoms with van der Waals surface area (Å²) in [5, 5.41) is 3.19. The molecular formula is C17H25FN2O3. The van der Waals surface area contributed by atoms with Gasteiger partial charge in [0, 0.05) is 25.2 Å². The molecule has 6 heteroatoms. The number of rotatable bonds is 4. The molecule has 1 aliphatic rings. The molecule has 1 atom stereocenters. The second-order valence-electron chi connectivity index (χ2n) is 6.62. The Labute approximate surface area is 136 Å². The predicted octanol–water partition coefficient (Wildman–Crippen LogP) is 2.55. The van der Waals surface area contributed by atoms with Crippen molar-refractivity contribution >= 4 is 6.09 Å². The Morgan fingerprint density at radius 2 is 2.17 bits per heavy atom. The quantitative estimate of drug-likeness (QED) is 0.925. The van der Waals surface area contributed by atoms with Gasteiger partial charge in [0.25, 0.3) is 0 Å². The zero-order valence-electron chi connectivity index (χ0n) is 14.0. The fourth-order valence-electron chi connectivity index (χ4n) is 2.40. The van der Waals surface area contributed by atoms with Crippen molar-refractivity contribution in [1.29, 1.82) is 0 Å². The minimum absolute atomic E-state index is 0.120. The molecular weight excluding hydrogens is 299 g/mol. The maximum atomic E-state index is 13.6. The predicted molar refractivity (Wildman–Crippen MR) is 85.7 cm³/mol. The lowest BCUT2D eigenvalue weighted by Gasteiger charge is -2.36. The van der Waals surface area contributed by atoms with Gasteiger partial charge in [0.15, 0.2) is 0 Å². The number of nitrogens with zero attached hydrogens (tertiary/aromatic N) is 1. The molecule has 0 bridgehead atoms. The molecule has 0 aromatic heterocycles. The first kappa shape index (κ1) is 17.7. The van der Waals surface area contributed by atoms with E-state index in [9.17, 15) is 9.18 Å². The molecule has 1 unspecified atom stereocenters. The third-order valence-electron chi connectivity index (χ3n) is 3.51. The van der Waals surface area contributed by atoms with E-state index in [1.165, 1.54) is 6.07 Å². The third kappa shape index (κ3) is 5.48. The molecule has 1 aromatic rings. The maximum absolute atomic E-state index is 13.6. The van der Waals surface area contributed by atoms with Gasteiger partial charge in [0.05, 0.1) is 19.3 Å². The van der Waals surface area contributed by atoms with E-state index in [0.29, 0.717) is 38.4 Å². The topological polar surface area (TPSA) is 50.8 Å². The highest BCUT2D eigenvalue weighted by atomic mass is 19.1. The van der Waals surface area contributed by atoms with Gasteiger partial charge in [-0.3, -0.25) is 4.90 Å². The normalized spacial score (nSPS) is 18.8. The van der Waals surface area contributed by atoms with Crippen molar-refractivity contribution < 1.29 is 18.7 Å². The zero-order chi connectivity index (χ0) is 16.9. The first-order chi connectivity index (χ1) is 10.9. The lowest BCUT2D eigenvalue weighted by atomic mass is 10.2. The van der Waals surface area contributed by atoms with Crippen molar-refractivity contribution in [2.75, 3.05) is 26.3 Å². The van der Waals surface area contributed by atoms with Crippen LogP contribution < -0.4 is 5.32 Å². The number of benzene rings is 1. The highest BCUT2D eigenvalue weighted by Crippen LogP contribution is 2.14. The first-order valence-electron chi connectivity index (χ1n) is 7.88. The summed E-state index contributed by atoms with van der Waals surface area (Å²) in [6, 6.07) is 6.53. The molecule has 1 fully saturated rings. The number of morpholine rings is 1. The molecule has 0 aliphatic carbocycles. The molecule has 128 valence electrons. The zero-order valence-corrected chi connectivity index (χ0v) is 14.0. The van der Waals surface area contributed by atoms with Crippen LogP contribution in [-0.4, -0.2) is 48.9 Å². The van der Waals surface area contributed by atoms with Crippen LogP contribution in [0.3, 0.4) is 0 Å².